The second kappa shape index (κ2) is 6.49. The van der Waals surface area contributed by atoms with E-state index in [1.807, 2.05) is 13.0 Å². The number of pyridine rings is 1. The number of halogens is 1. The van der Waals surface area contributed by atoms with Gasteiger partial charge < -0.3 is 10.4 Å². The largest absolute Gasteiger partial charge is 0.481 e. The topological polar surface area (TPSA) is 79.3 Å². The van der Waals surface area contributed by atoms with Crippen LogP contribution in [0.25, 0.3) is 0 Å². The number of carboxylic acids is 1. The van der Waals surface area contributed by atoms with E-state index in [1.54, 1.807) is 13.1 Å². The Hall–Kier alpha value is -1.43. The van der Waals surface area contributed by atoms with Crippen molar-refractivity contribution in [3.8, 4) is 0 Å². The third kappa shape index (κ3) is 4.83. The van der Waals surface area contributed by atoms with Crippen molar-refractivity contribution in [2.24, 2.45) is 5.92 Å². The van der Waals surface area contributed by atoms with Gasteiger partial charge in [0, 0.05) is 23.5 Å². The smallest absolute Gasteiger partial charge is 0.303 e. The number of nitrogens with zero attached hydrogens (tertiary/aromatic N) is 1. The molecular formula is C12H15BrN2O3. The molecule has 0 aliphatic carbocycles. The molecule has 0 bridgehead atoms. The van der Waals surface area contributed by atoms with Gasteiger partial charge in [-0.2, -0.15) is 0 Å². The molecule has 1 aromatic rings. The van der Waals surface area contributed by atoms with Crippen molar-refractivity contribution in [1.29, 1.82) is 0 Å². The number of carbonyl (C=O) groups is 2. The third-order valence-electron chi connectivity index (χ3n) is 2.36. The van der Waals surface area contributed by atoms with Crippen molar-refractivity contribution in [2.75, 3.05) is 5.32 Å². The van der Waals surface area contributed by atoms with Crippen LogP contribution in [-0.4, -0.2) is 22.0 Å². The summed E-state index contributed by atoms with van der Waals surface area (Å²) in [7, 11) is 0. The molecule has 0 aliphatic rings. The minimum atomic E-state index is -0.895. The Labute approximate surface area is 114 Å². The van der Waals surface area contributed by atoms with E-state index >= 15 is 0 Å². The predicted octanol–water partition coefficient (Wildman–Crippen LogP) is 2.59. The minimum Gasteiger partial charge on any atom is -0.481 e. The number of hydrogen-bond acceptors (Lipinski definition) is 3. The van der Waals surface area contributed by atoms with E-state index in [0.29, 0.717) is 5.82 Å². The molecule has 1 atom stereocenters. The number of carbonyl (C=O) groups excluding carboxylic acids is 1. The summed E-state index contributed by atoms with van der Waals surface area (Å²) in [6, 6.07) is 1.85. The van der Waals surface area contributed by atoms with Crippen LogP contribution in [0.5, 0.6) is 0 Å². The first-order chi connectivity index (χ1) is 8.38. The first kappa shape index (κ1) is 14.6. The van der Waals surface area contributed by atoms with Crippen molar-refractivity contribution in [2.45, 2.75) is 26.7 Å². The van der Waals surface area contributed by atoms with Crippen LogP contribution < -0.4 is 5.32 Å². The third-order valence-corrected chi connectivity index (χ3v) is 2.79. The van der Waals surface area contributed by atoms with Crippen LogP contribution in [0.1, 0.15) is 25.3 Å². The normalized spacial score (nSPS) is 11.9. The maximum Gasteiger partial charge on any atom is 0.303 e. The lowest BCUT2D eigenvalue weighted by Crippen LogP contribution is -2.18. The highest BCUT2D eigenvalue weighted by Gasteiger charge is 2.13. The summed E-state index contributed by atoms with van der Waals surface area (Å²) >= 11 is 3.29. The molecule has 1 unspecified atom stereocenters. The van der Waals surface area contributed by atoms with Crippen LogP contribution in [-0.2, 0) is 9.59 Å². The highest BCUT2D eigenvalue weighted by atomic mass is 79.9. The molecule has 0 saturated heterocycles. The zero-order chi connectivity index (χ0) is 13.7. The molecule has 2 N–H and O–H groups in total. The zero-order valence-electron chi connectivity index (χ0n) is 10.2. The molecule has 1 amide bonds. The quantitative estimate of drug-likeness (QED) is 0.875. The van der Waals surface area contributed by atoms with Crippen LogP contribution in [0.2, 0.25) is 0 Å². The molecule has 98 valence electrons. The number of carboxylic acid groups (broad SMARTS) is 1. The first-order valence-electron chi connectivity index (χ1n) is 5.52. The molecular weight excluding hydrogens is 300 g/mol. The SMILES string of the molecule is Cc1cc(Br)cnc1NC(=O)CC(C)CC(=O)O. The molecule has 1 heterocycles. The monoisotopic (exact) mass is 314 g/mol. The number of rotatable bonds is 5. The lowest BCUT2D eigenvalue weighted by molar-refractivity contribution is -0.138. The molecule has 5 nitrogen and oxygen atoms in total. The second-order valence-electron chi connectivity index (χ2n) is 4.27. The summed E-state index contributed by atoms with van der Waals surface area (Å²) in [5.41, 5.74) is 0.851. The van der Waals surface area contributed by atoms with E-state index < -0.39 is 5.97 Å². The van der Waals surface area contributed by atoms with E-state index in [4.69, 9.17) is 5.11 Å². The van der Waals surface area contributed by atoms with Crippen molar-refractivity contribution in [3.05, 3.63) is 22.3 Å². The summed E-state index contributed by atoms with van der Waals surface area (Å²) in [4.78, 5) is 26.3. The number of hydrogen-bond donors (Lipinski definition) is 2. The zero-order valence-corrected chi connectivity index (χ0v) is 11.8. The number of anilines is 1. The number of aromatic nitrogens is 1. The van der Waals surface area contributed by atoms with E-state index in [1.165, 1.54) is 0 Å². The van der Waals surface area contributed by atoms with Gasteiger partial charge in [0.2, 0.25) is 5.91 Å². The molecule has 18 heavy (non-hydrogen) atoms. The van der Waals surface area contributed by atoms with Crippen LogP contribution >= 0.6 is 15.9 Å². The molecule has 6 heteroatoms. The van der Waals surface area contributed by atoms with Crippen molar-refractivity contribution in [3.63, 3.8) is 0 Å². The van der Waals surface area contributed by atoms with Crippen LogP contribution in [0.15, 0.2) is 16.7 Å². The summed E-state index contributed by atoms with van der Waals surface area (Å²) in [6.45, 7) is 3.57. The van der Waals surface area contributed by atoms with Crippen molar-refractivity contribution >= 4 is 33.6 Å². The van der Waals surface area contributed by atoms with Gasteiger partial charge in [-0.3, -0.25) is 9.59 Å². The summed E-state index contributed by atoms with van der Waals surface area (Å²) < 4.78 is 0.845. The summed E-state index contributed by atoms with van der Waals surface area (Å²) in [6.07, 6.45) is 1.76. The van der Waals surface area contributed by atoms with Gasteiger partial charge in [-0.05, 0) is 40.4 Å². The van der Waals surface area contributed by atoms with Gasteiger partial charge >= 0.3 is 5.97 Å². The highest BCUT2D eigenvalue weighted by molar-refractivity contribution is 9.10. The van der Waals surface area contributed by atoms with Gasteiger partial charge in [0.1, 0.15) is 5.82 Å². The van der Waals surface area contributed by atoms with E-state index in [9.17, 15) is 9.59 Å². The molecule has 0 saturated carbocycles. The Bertz CT molecular complexity index is 463. The fraction of sp³-hybridized carbons (Fsp3) is 0.417. The molecule has 1 rings (SSSR count). The average molecular weight is 315 g/mol. The van der Waals surface area contributed by atoms with Crippen LogP contribution in [0, 0.1) is 12.8 Å². The molecule has 0 fully saturated rings. The van der Waals surface area contributed by atoms with E-state index in [0.717, 1.165) is 10.0 Å². The second-order valence-corrected chi connectivity index (χ2v) is 5.19. The van der Waals surface area contributed by atoms with Gasteiger partial charge in [0.25, 0.3) is 0 Å². The number of aliphatic carboxylic acids is 1. The van der Waals surface area contributed by atoms with Gasteiger partial charge in [-0.15, -0.1) is 0 Å². The van der Waals surface area contributed by atoms with E-state index in [2.05, 4.69) is 26.2 Å². The fourth-order valence-electron chi connectivity index (χ4n) is 1.54. The Balaban J connectivity index is 2.56. The van der Waals surface area contributed by atoms with E-state index in [-0.39, 0.29) is 24.7 Å². The lowest BCUT2D eigenvalue weighted by atomic mass is 10.0. The Morgan fingerprint density at radius 3 is 2.72 bits per heavy atom. The van der Waals surface area contributed by atoms with Crippen LogP contribution in [0.3, 0.4) is 0 Å². The molecule has 0 radical (unpaired) electrons. The van der Waals surface area contributed by atoms with Gasteiger partial charge in [0.05, 0.1) is 0 Å². The van der Waals surface area contributed by atoms with Crippen LogP contribution in [0.4, 0.5) is 5.82 Å². The van der Waals surface area contributed by atoms with Crippen molar-refractivity contribution < 1.29 is 14.7 Å². The van der Waals surface area contributed by atoms with Gasteiger partial charge in [0.15, 0.2) is 0 Å². The minimum absolute atomic E-state index is 0.0137. The summed E-state index contributed by atoms with van der Waals surface area (Å²) in [5, 5.41) is 11.3. The number of nitrogens with one attached hydrogen (secondary N) is 1. The van der Waals surface area contributed by atoms with Crippen molar-refractivity contribution in [1.82, 2.24) is 4.98 Å². The van der Waals surface area contributed by atoms with Gasteiger partial charge in [-0.1, -0.05) is 6.92 Å². The first-order valence-corrected chi connectivity index (χ1v) is 6.31. The Morgan fingerprint density at radius 2 is 2.17 bits per heavy atom. The lowest BCUT2D eigenvalue weighted by Gasteiger charge is -2.10. The molecule has 0 spiro atoms. The predicted molar refractivity (Wildman–Crippen MR) is 71.3 cm³/mol. The summed E-state index contributed by atoms with van der Waals surface area (Å²) in [5.74, 6) is -0.807. The Kier molecular flexibility index (Phi) is 5.27. The number of amides is 1. The number of aryl methyl sites for hydroxylation is 1. The fourth-order valence-corrected chi connectivity index (χ4v) is 1.99. The highest BCUT2D eigenvalue weighted by Crippen LogP contribution is 2.17. The average Bonchev–Trinajstić information content (AvgIpc) is 2.20. The molecule has 1 aromatic heterocycles. The standard InChI is InChI=1S/C12H15BrN2O3/c1-7(4-11(17)18)3-10(16)15-12-8(2)5-9(13)6-14-12/h5-7H,3-4H2,1-2H3,(H,17,18)(H,14,15,16). The Morgan fingerprint density at radius 1 is 1.50 bits per heavy atom. The molecule has 0 aromatic carbocycles. The maximum absolute atomic E-state index is 11.7. The molecule has 0 aliphatic heterocycles. The van der Waals surface area contributed by atoms with Gasteiger partial charge in [-0.25, -0.2) is 4.98 Å². The maximum atomic E-state index is 11.7.